The molecule has 0 fully saturated rings. The predicted octanol–water partition coefficient (Wildman–Crippen LogP) is 3.91. The molecule has 4 rings (SSSR count). The van der Waals surface area contributed by atoms with Crippen LogP contribution in [0, 0.1) is 6.92 Å². The van der Waals surface area contributed by atoms with Crippen LogP contribution in [-0.2, 0) is 24.1 Å². The van der Waals surface area contributed by atoms with Gasteiger partial charge in [0.25, 0.3) is 5.56 Å². The third-order valence-corrected chi connectivity index (χ3v) is 5.13. The fourth-order valence-electron chi connectivity index (χ4n) is 3.54. The van der Waals surface area contributed by atoms with E-state index in [0.29, 0.717) is 16.6 Å². The van der Waals surface area contributed by atoms with Gasteiger partial charge in [-0.05, 0) is 36.2 Å². The number of nitrogens with one attached hydrogen (secondary N) is 2. The molecule has 2 heterocycles. The number of fused-ring (bicyclic) bond motifs is 3. The quantitative estimate of drug-likeness (QED) is 0.506. The number of halogens is 3. The lowest BCUT2D eigenvalue weighted by Gasteiger charge is -2.10. The molecule has 0 saturated carbocycles. The van der Waals surface area contributed by atoms with Gasteiger partial charge in [-0.15, -0.1) is 0 Å². The number of hydrogen-bond donors (Lipinski definition) is 2. The van der Waals surface area contributed by atoms with Gasteiger partial charge in [-0.2, -0.15) is 13.2 Å². The highest BCUT2D eigenvalue weighted by Crippen LogP contribution is 2.29. The number of alkyl halides is 3. The van der Waals surface area contributed by atoms with Crippen molar-refractivity contribution in [2.24, 2.45) is 0 Å². The number of rotatable bonds is 5. The standard InChI is InChI=1S/C22H19F3N4O2/c1-13-4-2-7-16-18(13)19-20(28-16)21(31)29(12-27-19)9-8-17(30)26-11-14-5-3-6-15(10-14)22(23,24)25/h2-7,10,12,28H,8-9,11H2,1H3,(H,26,30). The van der Waals surface area contributed by atoms with Crippen molar-refractivity contribution in [2.45, 2.75) is 32.6 Å². The van der Waals surface area contributed by atoms with Crippen LogP contribution >= 0.6 is 0 Å². The second-order valence-corrected chi connectivity index (χ2v) is 7.31. The van der Waals surface area contributed by atoms with E-state index >= 15 is 0 Å². The van der Waals surface area contributed by atoms with E-state index in [4.69, 9.17) is 0 Å². The van der Waals surface area contributed by atoms with E-state index in [-0.39, 0.29) is 31.0 Å². The second-order valence-electron chi connectivity index (χ2n) is 7.31. The maximum absolute atomic E-state index is 12.8. The van der Waals surface area contributed by atoms with Crippen molar-refractivity contribution < 1.29 is 18.0 Å². The fourth-order valence-corrected chi connectivity index (χ4v) is 3.54. The normalized spacial score (nSPS) is 11.9. The highest BCUT2D eigenvalue weighted by molar-refractivity contribution is 6.06. The van der Waals surface area contributed by atoms with Crippen LogP contribution < -0.4 is 10.9 Å². The molecular weight excluding hydrogens is 409 g/mol. The van der Waals surface area contributed by atoms with Gasteiger partial charge >= 0.3 is 6.18 Å². The van der Waals surface area contributed by atoms with Gasteiger partial charge in [0.2, 0.25) is 5.91 Å². The third-order valence-electron chi connectivity index (χ3n) is 5.13. The molecule has 2 aromatic carbocycles. The van der Waals surface area contributed by atoms with Crippen LogP contribution in [0.1, 0.15) is 23.1 Å². The van der Waals surface area contributed by atoms with Crippen molar-refractivity contribution in [1.29, 1.82) is 0 Å². The Morgan fingerprint density at radius 2 is 1.97 bits per heavy atom. The highest BCUT2D eigenvalue weighted by Gasteiger charge is 2.30. The van der Waals surface area contributed by atoms with Crippen LogP contribution in [0.5, 0.6) is 0 Å². The molecule has 0 aliphatic rings. The molecule has 0 aliphatic carbocycles. The summed E-state index contributed by atoms with van der Waals surface area (Å²) in [5, 5.41) is 3.47. The smallest absolute Gasteiger partial charge is 0.352 e. The first-order chi connectivity index (χ1) is 14.7. The van der Waals surface area contributed by atoms with Gasteiger partial charge in [0.05, 0.1) is 11.9 Å². The average molecular weight is 428 g/mol. The van der Waals surface area contributed by atoms with Gasteiger partial charge in [0.15, 0.2) is 0 Å². The summed E-state index contributed by atoms with van der Waals surface area (Å²) in [6.07, 6.45) is -3.04. The zero-order valence-corrected chi connectivity index (χ0v) is 16.6. The van der Waals surface area contributed by atoms with Gasteiger partial charge in [-0.3, -0.25) is 14.2 Å². The minimum atomic E-state index is -4.44. The van der Waals surface area contributed by atoms with Crippen molar-refractivity contribution in [3.63, 3.8) is 0 Å². The highest BCUT2D eigenvalue weighted by atomic mass is 19.4. The second kappa shape index (κ2) is 7.90. The van der Waals surface area contributed by atoms with Crippen LogP contribution in [0.3, 0.4) is 0 Å². The van der Waals surface area contributed by atoms with Crippen molar-refractivity contribution in [3.8, 4) is 0 Å². The van der Waals surface area contributed by atoms with Gasteiger partial charge in [0.1, 0.15) is 11.0 Å². The SMILES string of the molecule is Cc1cccc2[nH]c3c(=O)n(CCC(=O)NCc4cccc(C(F)(F)F)c4)cnc3c12. The van der Waals surface area contributed by atoms with Crippen molar-refractivity contribution in [2.75, 3.05) is 0 Å². The first-order valence-corrected chi connectivity index (χ1v) is 9.63. The first kappa shape index (κ1) is 20.6. The number of benzene rings is 2. The Hall–Kier alpha value is -3.62. The number of aryl methyl sites for hydroxylation is 2. The Kier molecular flexibility index (Phi) is 5.26. The minimum absolute atomic E-state index is 0.00862. The lowest BCUT2D eigenvalue weighted by Crippen LogP contribution is -2.27. The van der Waals surface area contributed by atoms with E-state index in [0.717, 1.165) is 28.6 Å². The van der Waals surface area contributed by atoms with Gasteiger partial charge in [0, 0.05) is 30.4 Å². The number of carbonyl (C=O) groups is 1. The van der Waals surface area contributed by atoms with Gasteiger partial charge < -0.3 is 10.3 Å². The molecule has 0 atom stereocenters. The maximum atomic E-state index is 12.8. The summed E-state index contributed by atoms with van der Waals surface area (Å²) in [5.74, 6) is -0.378. The average Bonchev–Trinajstić information content (AvgIpc) is 3.12. The van der Waals surface area contributed by atoms with Crippen molar-refractivity contribution in [1.82, 2.24) is 19.9 Å². The monoisotopic (exact) mass is 428 g/mol. The molecule has 6 nitrogen and oxygen atoms in total. The Labute approximate surface area is 174 Å². The van der Waals surface area contributed by atoms with Crippen LogP contribution in [0.4, 0.5) is 13.2 Å². The largest absolute Gasteiger partial charge is 0.416 e. The molecule has 160 valence electrons. The van der Waals surface area contributed by atoms with Crippen molar-refractivity contribution in [3.05, 3.63) is 75.8 Å². The molecular formula is C22H19F3N4O2. The van der Waals surface area contributed by atoms with E-state index in [1.54, 1.807) is 0 Å². The molecule has 0 spiro atoms. The molecule has 2 N–H and O–H groups in total. The molecule has 0 bridgehead atoms. The molecule has 9 heteroatoms. The molecule has 0 unspecified atom stereocenters. The Morgan fingerprint density at radius 1 is 1.19 bits per heavy atom. The van der Waals surface area contributed by atoms with E-state index in [1.807, 2.05) is 25.1 Å². The fraction of sp³-hybridized carbons (Fsp3) is 0.227. The van der Waals surface area contributed by atoms with Crippen LogP contribution in [0.25, 0.3) is 21.9 Å². The molecule has 0 aliphatic heterocycles. The predicted molar refractivity (Wildman–Crippen MR) is 111 cm³/mol. The molecule has 1 amide bonds. The first-order valence-electron chi connectivity index (χ1n) is 9.63. The van der Waals surface area contributed by atoms with E-state index in [2.05, 4.69) is 15.3 Å². The Morgan fingerprint density at radius 3 is 2.74 bits per heavy atom. The zero-order chi connectivity index (χ0) is 22.2. The zero-order valence-electron chi connectivity index (χ0n) is 16.6. The third kappa shape index (κ3) is 4.16. The number of H-pyrrole nitrogens is 1. The molecule has 0 saturated heterocycles. The number of carbonyl (C=O) groups excluding carboxylic acids is 1. The number of amides is 1. The topological polar surface area (TPSA) is 79.8 Å². The molecule has 4 aromatic rings. The van der Waals surface area contributed by atoms with Gasteiger partial charge in [-0.1, -0.05) is 24.3 Å². The van der Waals surface area contributed by atoms with Crippen LogP contribution in [0.15, 0.2) is 53.6 Å². The summed E-state index contributed by atoms with van der Waals surface area (Å²) in [4.78, 5) is 32.4. The summed E-state index contributed by atoms with van der Waals surface area (Å²) in [6.45, 7) is 2.01. The van der Waals surface area contributed by atoms with Crippen molar-refractivity contribution >= 4 is 27.8 Å². The number of aromatic nitrogens is 3. The molecule has 0 radical (unpaired) electrons. The number of aromatic amines is 1. The summed E-state index contributed by atoms with van der Waals surface area (Å²) in [5.41, 5.74) is 2.07. The van der Waals surface area contributed by atoms with E-state index in [1.165, 1.54) is 23.0 Å². The number of hydrogen-bond acceptors (Lipinski definition) is 3. The molecule has 2 aromatic heterocycles. The summed E-state index contributed by atoms with van der Waals surface area (Å²) in [6, 6.07) is 10.5. The number of nitrogens with zero attached hydrogens (tertiary/aromatic N) is 2. The summed E-state index contributed by atoms with van der Waals surface area (Å²) in [7, 11) is 0. The maximum Gasteiger partial charge on any atom is 0.416 e. The Bertz CT molecular complexity index is 1340. The van der Waals surface area contributed by atoms with Gasteiger partial charge in [-0.25, -0.2) is 4.98 Å². The Balaban J connectivity index is 1.44. The van der Waals surface area contributed by atoms with E-state index < -0.39 is 11.7 Å². The van der Waals surface area contributed by atoms with E-state index in [9.17, 15) is 22.8 Å². The van der Waals surface area contributed by atoms with Crippen LogP contribution in [-0.4, -0.2) is 20.4 Å². The summed E-state index contributed by atoms with van der Waals surface area (Å²) < 4.78 is 39.7. The lowest BCUT2D eigenvalue weighted by molar-refractivity contribution is -0.137. The summed E-state index contributed by atoms with van der Waals surface area (Å²) >= 11 is 0. The molecule has 31 heavy (non-hydrogen) atoms. The minimum Gasteiger partial charge on any atom is -0.352 e. The lowest BCUT2D eigenvalue weighted by atomic mass is 10.1. The van der Waals surface area contributed by atoms with Crippen LogP contribution in [0.2, 0.25) is 0 Å².